The molecule has 0 bridgehead atoms. The SMILES string of the molecule is O=C(O)C(O)c1cc(F)ccc1OC(F)F. The summed E-state index contributed by atoms with van der Waals surface area (Å²) in [6.45, 7) is -3.19. The van der Waals surface area contributed by atoms with E-state index in [0.29, 0.717) is 6.07 Å². The first kappa shape index (κ1) is 12.3. The Morgan fingerprint density at radius 1 is 1.38 bits per heavy atom. The molecule has 4 nitrogen and oxygen atoms in total. The van der Waals surface area contributed by atoms with E-state index in [4.69, 9.17) is 10.2 Å². The van der Waals surface area contributed by atoms with Gasteiger partial charge in [0, 0.05) is 5.56 Å². The third-order valence-corrected chi connectivity index (χ3v) is 1.72. The lowest BCUT2D eigenvalue weighted by atomic mass is 10.1. The number of ether oxygens (including phenoxy) is 1. The van der Waals surface area contributed by atoms with E-state index < -0.39 is 35.8 Å². The predicted octanol–water partition coefficient (Wildman–Crippen LogP) is 1.55. The fraction of sp³-hybridized carbons (Fsp3) is 0.222. The number of benzene rings is 1. The Morgan fingerprint density at radius 3 is 2.50 bits per heavy atom. The van der Waals surface area contributed by atoms with Crippen LogP contribution in [0.5, 0.6) is 5.75 Å². The molecule has 0 spiro atoms. The minimum Gasteiger partial charge on any atom is -0.479 e. The molecule has 0 fully saturated rings. The van der Waals surface area contributed by atoms with Gasteiger partial charge in [-0.1, -0.05) is 0 Å². The molecule has 1 aromatic rings. The fourth-order valence-corrected chi connectivity index (χ4v) is 1.07. The standard InChI is InChI=1S/C9H7F3O4/c10-4-1-2-6(16-9(11)12)5(3-4)7(13)8(14)15/h1-3,7,9,13H,(H,14,15). The smallest absolute Gasteiger partial charge is 0.387 e. The first-order valence-electron chi connectivity index (χ1n) is 4.07. The number of hydrogen-bond donors (Lipinski definition) is 2. The van der Waals surface area contributed by atoms with Crippen molar-refractivity contribution in [1.82, 2.24) is 0 Å². The summed E-state index contributed by atoms with van der Waals surface area (Å²) in [6.07, 6.45) is -2.12. The number of hydrogen-bond acceptors (Lipinski definition) is 3. The summed E-state index contributed by atoms with van der Waals surface area (Å²) >= 11 is 0. The van der Waals surface area contributed by atoms with Crippen molar-refractivity contribution in [2.75, 3.05) is 0 Å². The lowest BCUT2D eigenvalue weighted by Gasteiger charge is -2.12. The van der Waals surface area contributed by atoms with Crippen LogP contribution in [0.4, 0.5) is 13.2 Å². The Bertz CT molecular complexity index is 394. The highest BCUT2D eigenvalue weighted by atomic mass is 19.3. The van der Waals surface area contributed by atoms with Crippen molar-refractivity contribution in [3.05, 3.63) is 29.6 Å². The number of aliphatic hydroxyl groups excluding tert-OH is 1. The number of carboxylic acids is 1. The van der Waals surface area contributed by atoms with E-state index >= 15 is 0 Å². The third kappa shape index (κ3) is 2.86. The summed E-state index contributed by atoms with van der Waals surface area (Å²) < 4.78 is 40.6. The molecular formula is C9H7F3O4. The Hall–Kier alpha value is -1.76. The topological polar surface area (TPSA) is 66.8 Å². The first-order valence-corrected chi connectivity index (χ1v) is 4.07. The highest BCUT2D eigenvalue weighted by Crippen LogP contribution is 2.27. The summed E-state index contributed by atoms with van der Waals surface area (Å²) in [7, 11) is 0. The number of carboxylic acid groups (broad SMARTS) is 1. The van der Waals surface area contributed by atoms with Gasteiger partial charge in [-0.15, -0.1) is 0 Å². The normalized spacial score (nSPS) is 12.6. The molecule has 0 aliphatic rings. The molecule has 0 saturated heterocycles. The summed E-state index contributed by atoms with van der Waals surface area (Å²) in [5.41, 5.74) is -0.562. The van der Waals surface area contributed by atoms with Crippen LogP contribution in [0.2, 0.25) is 0 Å². The molecule has 0 aliphatic heterocycles. The van der Waals surface area contributed by atoms with Gasteiger partial charge in [0.2, 0.25) is 0 Å². The van der Waals surface area contributed by atoms with Gasteiger partial charge >= 0.3 is 12.6 Å². The second kappa shape index (κ2) is 4.84. The van der Waals surface area contributed by atoms with Gasteiger partial charge in [-0.05, 0) is 18.2 Å². The molecule has 0 saturated carbocycles. The van der Waals surface area contributed by atoms with Crippen molar-refractivity contribution in [2.45, 2.75) is 12.7 Å². The number of rotatable bonds is 4. The Morgan fingerprint density at radius 2 is 2.00 bits per heavy atom. The molecule has 0 aromatic heterocycles. The Labute approximate surface area is 87.9 Å². The zero-order valence-electron chi connectivity index (χ0n) is 7.73. The van der Waals surface area contributed by atoms with Crippen molar-refractivity contribution in [1.29, 1.82) is 0 Å². The van der Waals surface area contributed by atoms with Gasteiger partial charge in [-0.3, -0.25) is 0 Å². The lowest BCUT2D eigenvalue weighted by Crippen LogP contribution is -2.14. The van der Waals surface area contributed by atoms with E-state index in [2.05, 4.69) is 4.74 Å². The predicted molar refractivity (Wildman–Crippen MR) is 45.6 cm³/mol. The molecule has 0 aliphatic carbocycles. The monoisotopic (exact) mass is 236 g/mol. The van der Waals surface area contributed by atoms with Crippen molar-refractivity contribution in [3.63, 3.8) is 0 Å². The quantitative estimate of drug-likeness (QED) is 0.832. The van der Waals surface area contributed by atoms with Crippen LogP contribution in [-0.4, -0.2) is 22.8 Å². The number of carbonyl (C=O) groups is 1. The molecule has 1 rings (SSSR count). The van der Waals surface area contributed by atoms with E-state index in [1.165, 1.54) is 0 Å². The number of halogens is 3. The Balaban J connectivity index is 3.12. The molecule has 7 heteroatoms. The average molecular weight is 236 g/mol. The van der Waals surface area contributed by atoms with Crippen LogP contribution >= 0.6 is 0 Å². The van der Waals surface area contributed by atoms with Crippen LogP contribution in [0.15, 0.2) is 18.2 Å². The first-order chi connectivity index (χ1) is 7.41. The zero-order chi connectivity index (χ0) is 12.3. The molecule has 1 unspecified atom stereocenters. The summed E-state index contributed by atoms with van der Waals surface area (Å²) in [6, 6.07) is 2.26. The molecule has 1 atom stereocenters. The van der Waals surface area contributed by atoms with E-state index in [0.717, 1.165) is 12.1 Å². The number of aliphatic hydroxyl groups is 1. The van der Waals surface area contributed by atoms with E-state index in [1.807, 2.05) is 0 Å². The molecule has 0 heterocycles. The van der Waals surface area contributed by atoms with Crippen molar-refractivity contribution in [3.8, 4) is 5.75 Å². The third-order valence-electron chi connectivity index (χ3n) is 1.72. The lowest BCUT2D eigenvalue weighted by molar-refractivity contribution is -0.147. The van der Waals surface area contributed by atoms with Crippen LogP contribution in [0.3, 0.4) is 0 Å². The van der Waals surface area contributed by atoms with Gasteiger partial charge < -0.3 is 14.9 Å². The van der Waals surface area contributed by atoms with Gasteiger partial charge in [0.05, 0.1) is 0 Å². The molecule has 2 N–H and O–H groups in total. The van der Waals surface area contributed by atoms with Crippen molar-refractivity contribution >= 4 is 5.97 Å². The summed E-state index contributed by atoms with van der Waals surface area (Å²) in [5.74, 6) is -3.13. The van der Waals surface area contributed by atoms with E-state index in [-0.39, 0.29) is 0 Å². The molecule has 1 aromatic carbocycles. The second-order valence-corrected chi connectivity index (χ2v) is 2.80. The van der Waals surface area contributed by atoms with Gasteiger partial charge in [0.15, 0.2) is 6.10 Å². The number of alkyl halides is 2. The highest BCUT2D eigenvalue weighted by Gasteiger charge is 2.22. The Kier molecular flexibility index (Phi) is 3.73. The van der Waals surface area contributed by atoms with Crippen LogP contribution in [0, 0.1) is 5.82 Å². The molecule has 0 radical (unpaired) electrons. The molecular weight excluding hydrogens is 229 g/mol. The molecule has 0 amide bonds. The van der Waals surface area contributed by atoms with Crippen molar-refractivity contribution < 1.29 is 32.9 Å². The maximum absolute atomic E-state index is 12.8. The maximum Gasteiger partial charge on any atom is 0.387 e. The van der Waals surface area contributed by atoms with Gasteiger partial charge in [0.1, 0.15) is 11.6 Å². The van der Waals surface area contributed by atoms with Crippen LogP contribution in [0.1, 0.15) is 11.7 Å². The largest absolute Gasteiger partial charge is 0.479 e. The van der Waals surface area contributed by atoms with Gasteiger partial charge in [-0.25, -0.2) is 9.18 Å². The molecule has 16 heavy (non-hydrogen) atoms. The van der Waals surface area contributed by atoms with E-state index in [1.54, 1.807) is 0 Å². The highest BCUT2D eigenvalue weighted by molar-refractivity contribution is 5.75. The van der Waals surface area contributed by atoms with Crippen LogP contribution in [0.25, 0.3) is 0 Å². The molecule has 88 valence electrons. The minimum absolute atomic E-state index is 0.562. The zero-order valence-corrected chi connectivity index (χ0v) is 7.73. The van der Waals surface area contributed by atoms with Gasteiger partial charge in [-0.2, -0.15) is 8.78 Å². The maximum atomic E-state index is 12.8. The van der Waals surface area contributed by atoms with Crippen LogP contribution < -0.4 is 4.74 Å². The van der Waals surface area contributed by atoms with Crippen molar-refractivity contribution in [2.24, 2.45) is 0 Å². The second-order valence-electron chi connectivity index (χ2n) is 2.80. The van der Waals surface area contributed by atoms with Crippen LogP contribution in [-0.2, 0) is 4.79 Å². The van der Waals surface area contributed by atoms with E-state index in [9.17, 15) is 18.0 Å². The summed E-state index contributed by atoms with van der Waals surface area (Å²) in [5, 5.41) is 17.6. The average Bonchev–Trinajstić information content (AvgIpc) is 2.18. The minimum atomic E-state index is -3.19. The summed E-state index contributed by atoms with van der Waals surface area (Å²) in [4.78, 5) is 10.4. The number of aliphatic carboxylic acids is 1. The van der Waals surface area contributed by atoms with Gasteiger partial charge in [0.25, 0.3) is 0 Å². The fourth-order valence-electron chi connectivity index (χ4n) is 1.07.